The molecule has 0 aromatic carbocycles. The lowest BCUT2D eigenvalue weighted by atomic mass is 9.80. The Hall–Kier alpha value is -1.44. The molecule has 1 saturated heterocycles. The molecule has 1 aliphatic heterocycles. The molecule has 0 aliphatic carbocycles. The minimum absolute atomic E-state index is 0.0675. The van der Waals surface area contributed by atoms with Gasteiger partial charge in [0.1, 0.15) is 0 Å². The van der Waals surface area contributed by atoms with E-state index >= 15 is 0 Å². The van der Waals surface area contributed by atoms with Gasteiger partial charge in [0.05, 0.1) is 5.92 Å². The average Bonchev–Trinajstić information content (AvgIpc) is 2.82. The van der Waals surface area contributed by atoms with Crippen LogP contribution in [0, 0.1) is 11.8 Å². The third-order valence-corrected chi connectivity index (χ3v) is 4.00. The second-order valence-electron chi connectivity index (χ2n) is 5.67. The van der Waals surface area contributed by atoms with Crippen LogP contribution in [0.4, 0.5) is 0 Å². The zero-order valence-corrected chi connectivity index (χ0v) is 11.9. The molecule has 2 unspecified atom stereocenters. The van der Waals surface area contributed by atoms with Crippen LogP contribution >= 0.6 is 0 Å². The summed E-state index contributed by atoms with van der Waals surface area (Å²) >= 11 is 0. The van der Waals surface area contributed by atoms with E-state index in [1.807, 2.05) is 12.1 Å². The summed E-state index contributed by atoms with van der Waals surface area (Å²) in [6.07, 6.45) is 5.15. The molecule has 0 amide bonds. The molecule has 21 heavy (non-hydrogen) atoms. The summed E-state index contributed by atoms with van der Waals surface area (Å²) in [6.45, 7) is 1.97. The lowest BCUT2D eigenvalue weighted by Crippen LogP contribution is -2.23. The summed E-state index contributed by atoms with van der Waals surface area (Å²) in [5, 5.41) is 27.1. The molecule has 0 spiro atoms. The number of nitrogens with zero attached hydrogens (tertiary/aromatic N) is 2. The Kier molecular flexibility index (Phi) is 5.72. The van der Waals surface area contributed by atoms with E-state index in [4.69, 9.17) is 10.0 Å². The number of hydrogen-bond donors (Lipinski definition) is 3. The first kappa shape index (κ1) is 15.9. The first-order chi connectivity index (χ1) is 10.1. The highest BCUT2D eigenvalue weighted by molar-refractivity contribution is 6.40. The van der Waals surface area contributed by atoms with Gasteiger partial charge in [0.25, 0.3) is 0 Å². The van der Waals surface area contributed by atoms with E-state index in [1.54, 1.807) is 12.4 Å². The molecule has 2 heterocycles. The fraction of sp³-hybridized carbons (Fsp3) is 0.571. The van der Waals surface area contributed by atoms with Crippen molar-refractivity contribution in [2.24, 2.45) is 11.8 Å². The van der Waals surface area contributed by atoms with Gasteiger partial charge in [-0.15, -0.1) is 0 Å². The first-order valence-corrected chi connectivity index (χ1v) is 7.26. The molecule has 0 radical (unpaired) electrons. The standard InChI is InChI=1S/C14H21BN2O4/c18-14(19)13-10-17(8-11-3-2-6-16-7-11)9-12(13)4-1-5-15(20)21/h2-3,6-7,12-13,20-21H,1,4-5,8-10H2,(H,18,19). The number of hydrogen-bond acceptors (Lipinski definition) is 5. The summed E-state index contributed by atoms with van der Waals surface area (Å²) in [7, 11) is -1.30. The van der Waals surface area contributed by atoms with Crippen LogP contribution < -0.4 is 0 Å². The Balaban J connectivity index is 1.90. The number of carboxylic acids is 1. The van der Waals surface area contributed by atoms with Crippen molar-refractivity contribution in [3.05, 3.63) is 30.1 Å². The fourth-order valence-electron chi connectivity index (χ4n) is 2.97. The Labute approximate surface area is 124 Å². The average molecular weight is 292 g/mol. The van der Waals surface area contributed by atoms with Crippen LogP contribution in [0.5, 0.6) is 0 Å². The normalized spacial score (nSPS) is 22.4. The Bertz CT molecular complexity index is 458. The van der Waals surface area contributed by atoms with Crippen molar-refractivity contribution < 1.29 is 19.9 Å². The molecule has 2 atom stereocenters. The highest BCUT2D eigenvalue weighted by atomic mass is 16.4. The molecule has 6 nitrogen and oxygen atoms in total. The van der Waals surface area contributed by atoms with Crippen LogP contribution in [-0.2, 0) is 11.3 Å². The molecular weight excluding hydrogens is 271 g/mol. The zero-order valence-electron chi connectivity index (χ0n) is 11.9. The molecule has 0 bridgehead atoms. The fourth-order valence-corrected chi connectivity index (χ4v) is 2.97. The molecule has 3 N–H and O–H groups in total. The Morgan fingerprint density at radius 1 is 1.43 bits per heavy atom. The third kappa shape index (κ3) is 4.80. The molecule has 7 heteroatoms. The van der Waals surface area contributed by atoms with Gasteiger partial charge in [0, 0.05) is 32.0 Å². The van der Waals surface area contributed by atoms with E-state index in [0.29, 0.717) is 32.3 Å². The summed E-state index contributed by atoms with van der Waals surface area (Å²) in [5.41, 5.74) is 1.08. The van der Waals surface area contributed by atoms with Crippen molar-refractivity contribution in [2.45, 2.75) is 25.7 Å². The van der Waals surface area contributed by atoms with Gasteiger partial charge in [-0.2, -0.15) is 0 Å². The molecule has 1 aromatic heterocycles. The van der Waals surface area contributed by atoms with Crippen molar-refractivity contribution in [3.8, 4) is 0 Å². The highest BCUT2D eigenvalue weighted by Crippen LogP contribution is 2.29. The molecule has 1 aliphatic rings. The van der Waals surface area contributed by atoms with Gasteiger partial charge in [-0.25, -0.2) is 0 Å². The van der Waals surface area contributed by atoms with Crippen molar-refractivity contribution in [3.63, 3.8) is 0 Å². The van der Waals surface area contributed by atoms with Crippen LogP contribution in [0.25, 0.3) is 0 Å². The number of likely N-dealkylation sites (tertiary alicyclic amines) is 1. The van der Waals surface area contributed by atoms with E-state index in [0.717, 1.165) is 12.1 Å². The number of carbonyl (C=O) groups is 1. The molecule has 114 valence electrons. The first-order valence-electron chi connectivity index (χ1n) is 7.26. The molecule has 1 aromatic rings. The minimum Gasteiger partial charge on any atom is -0.481 e. The molecular formula is C14H21BN2O4. The Morgan fingerprint density at radius 3 is 2.86 bits per heavy atom. The maximum Gasteiger partial charge on any atom is 0.451 e. The third-order valence-electron chi connectivity index (χ3n) is 4.00. The van der Waals surface area contributed by atoms with Gasteiger partial charge in [-0.05, 0) is 30.3 Å². The van der Waals surface area contributed by atoms with Crippen molar-refractivity contribution in [2.75, 3.05) is 13.1 Å². The monoisotopic (exact) mass is 292 g/mol. The van der Waals surface area contributed by atoms with Crippen molar-refractivity contribution in [1.29, 1.82) is 0 Å². The maximum atomic E-state index is 11.4. The maximum absolute atomic E-state index is 11.4. The second-order valence-corrected chi connectivity index (χ2v) is 5.67. The van der Waals surface area contributed by atoms with Crippen LogP contribution in [0.2, 0.25) is 6.32 Å². The van der Waals surface area contributed by atoms with Crippen molar-refractivity contribution >= 4 is 13.1 Å². The van der Waals surface area contributed by atoms with E-state index in [-0.39, 0.29) is 11.8 Å². The summed E-state index contributed by atoms with van der Waals surface area (Å²) in [6, 6.07) is 3.86. The summed E-state index contributed by atoms with van der Waals surface area (Å²) < 4.78 is 0. The summed E-state index contributed by atoms with van der Waals surface area (Å²) in [5.74, 6) is -1.08. The zero-order chi connectivity index (χ0) is 15.2. The summed E-state index contributed by atoms with van der Waals surface area (Å²) in [4.78, 5) is 17.6. The van der Waals surface area contributed by atoms with Crippen LogP contribution in [0.1, 0.15) is 18.4 Å². The topological polar surface area (TPSA) is 93.9 Å². The van der Waals surface area contributed by atoms with E-state index < -0.39 is 13.1 Å². The quantitative estimate of drug-likeness (QED) is 0.632. The second kappa shape index (κ2) is 7.54. The predicted octanol–water partition coefficient (Wildman–Crippen LogP) is 0.467. The van der Waals surface area contributed by atoms with Gasteiger partial charge in [-0.1, -0.05) is 12.5 Å². The number of rotatable bonds is 7. The highest BCUT2D eigenvalue weighted by Gasteiger charge is 2.37. The number of aromatic nitrogens is 1. The molecule has 0 saturated carbocycles. The van der Waals surface area contributed by atoms with E-state index in [2.05, 4.69) is 9.88 Å². The van der Waals surface area contributed by atoms with E-state index in [1.165, 1.54) is 0 Å². The lowest BCUT2D eigenvalue weighted by Gasteiger charge is -2.15. The van der Waals surface area contributed by atoms with Gasteiger partial charge < -0.3 is 15.2 Å². The molecule has 1 fully saturated rings. The van der Waals surface area contributed by atoms with Gasteiger partial charge in [0.15, 0.2) is 0 Å². The van der Waals surface area contributed by atoms with Crippen molar-refractivity contribution in [1.82, 2.24) is 9.88 Å². The molecule has 2 rings (SSSR count). The minimum atomic E-state index is -1.30. The van der Waals surface area contributed by atoms with Gasteiger partial charge in [0.2, 0.25) is 0 Å². The van der Waals surface area contributed by atoms with E-state index in [9.17, 15) is 9.90 Å². The van der Waals surface area contributed by atoms with Crippen LogP contribution in [0.15, 0.2) is 24.5 Å². The SMILES string of the molecule is O=C(O)C1CN(Cc2cccnc2)CC1CCCB(O)O. The largest absolute Gasteiger partial charge is 0.481 e. The van der Waals surface area contributed by atoms with Crippen LogP contribution in [0.3, 0.4) is 0 Å². The number of aliphatic carboxylic acids is 1. The number of pyridine rings is 1. The van der Waals surface area contributed by atoms with Gasteiger partial charge >= 0.3 is 13.1 Å². The van der Waals surface area contributed by atoms with Gasteiger partial charge in [-0.3, -0.25) is 14.7 Å². The Morgan fingerprint density at radius 2 is 2.24 bits per heavy atom. The number of carboxylic acid groups (broad SMARTS) is 1. The predicted molar refractivity (Wildman–Crippen MR) is 78.4 cm³/mol. The smallest absolute Gasteiger partial charge is 0.451 e. The van der Waals surface area contributed by atoms with Crippen LogP contribution in [-0.4, -0.2) is 51.2 Å². The lowest BCUT2D eigenvalue weighted by molar-refractivity contribution is -0.142.